The number of hydrogen-bond acceptors (Lipinski definition) is 2. The van der Waals surface area contributed by atoms with E-state index in [0.29, 0.717) is 23.7 Å². The largest absolute Gasteiger partial charge is 0.490 e. The monoisotopic (exact) mass is 210 g/mol. The van der Waals surface area contributed by atoms with Crippen LogP contribution in [-0.2, 0) is 0 Å². The fraction of sp³-hybridized carbons (Fsp3) is 0.500. The number of benzene rings is 1. The topological polar surface area (TPSA) is 29.5 Å². The third-order valence-corrected chi connectivity index (χ3v) is 2.81. The maximum Gasteiger partial charge on any atom is 0.125 e. The molecule has 1 N–H and O–H groups in total. The van der Waals surface area contributed by atoms with Crippen molar-refractivity contribution in [3.63, 3.8) is 0 Å². The number of halogens is 1. The first kappa shape index (κ1) is 10.4. The normalized spacial score (nSPS) is 24.9. The van der Waals surface area contributed by atoms with Crippen molar-refractivity contribution < 1.29 is 14.2 Å². The predicted octanol–water partition coefficient (Wildman–Crippen LogP) is 2.67. The lowest BCUT2D eigenvalue weighted by molar-refractivity contribution is 0.0424. The van der Waals surface area contributed by atoms with Crippen LogP contribution in [0.5, 0.6) is 5.75 Å². The molecular weight excluding hydrogens is 195 g/mol. The van der Waals surface area contributed by atoms with Crippen LogP contribution in [0.2, 0.25) is 0 Å². The molecule has 1 aliphatic rings. The third kappa shape index (κ3) is 1.97. The second-order valence-corrected chi connectivity index (χ2v) is 4.33. The number of hydrogen-bond donors (Lipinski definition) is 1. The summed E-state index contributed by atoms with van der Waals surface area (Å²) in [5.74, 6) is 0.617. The summed E-state index contributed by atoms with van der Waals surface area (Å²) in [6.45, 7) is 4.10. The minimum Gasteiger partial charge on any atom is -0.490 e. The van der Waals surface area contributed by atoms with Gasteiger partial charge in [0.2, 0.25) is 0 Å². The van der Waals surface area contributed by atoms with E-state index in [1.54, 1.807) is 6.07 Å². The van der Waals surface area contributed by atoms with Gasteiger partial charge in [-0.25, -0.2) is 4.39 Å². The lowest BCUT2D eigenvalue weighted by Gasteiger charge is -2.31. The van der Waals surface area contributed by atoms with Crippen molar-refractivity contribution in [2.24, 2.45) is 5.92 Å². The third-order valence-electron chi connectivity index (χ3n) is 2.81. The molecule has 15 heavy (non-hydrogen) atoms. The Morgan fingerprint density at radius 3 is 2.87 bits per heavy atom. The van der Waals surface area contributed by atoms with Crippen LogP contribution in [0, 0.1) is 11.7 Å². The average Bonchev–Trinajstić information content (AvgIpc) is 2.18. The summed E-state index contributed by atoms with van der Waals surface area (Å²) in [5, 5.41) is 9.86. The number of aliphatic hydroxyl groups excluding tert-OH is 1. The highest BCUT2D eigenvalue weighted by atomic mass is 19.1. The molecule has 2 nitrogen and oxygen atoms in total. The molecule has 1 aromatic carbocycles. The van der Waals surface area contributed by atoms with Crippen molar-refractivity contribution in [1.29, 1.82) is 0 Å². The van der Waals surface area contributed by atoms with Crippen LogP contribution in [0.4, 0.5) is 4.39 Å². The van der Waals surface area contributed by atoms with E-state index in [4.69, 9.17) is 4.74 Å². The maximum absolute atomic E-state index is 13.0. The van der Waals surface area contributed by atoms with Crippen molar-refractivity contribution in [2.45, 2.75) is 32.5 Å². The Hall–Kier alpha value is -1.09. The zero-order valence-electron chi connectivity index (χ0n) is 8.90. The van der Waals surface area contributed by atoms with E-state index in [1.807, 2.05) is 13.8 Å². The van der Waals surface area contributed by atoms with Gasteiger partial charge >= 0.3 is 0 Å². The quantitative estimate of drug-likeness (QED) is 0.772. The van der Waals surface area contributed by atoms with Gasteiger partial charge in [0.15, 0.2) is 0 Å². The van der Waals surface area contributed by atoms with Gasteiger partial charge in [-0.15, -0.1) is 0 Å². The van der Waals surface area contributed by atoms with Gasteiger partial charge in [0, 0.05) is 12.0 Å². The SMILES string of the molecule is CC(C)C1C[C@H](O)c2cc(F)ccc2O1. The van der Waals surface area contributed by atoms with Gasteiger partial charge in [-0.1, -0.05) is 13.8 Å². The van der Waals surface area contributed by atoms with E-state index < -0.39 is 6.10 Å². The average molecular weight is 210 g/mol. The Bertz CT molecular complexity index is 363. The van der Waals surface area contributed by atoms with Gasteiger partial charge < -0.3 is 9.84 Å². The fourth-order valence-corrected chi connectivity index (χ4v) is 1.85. The second-order valence-electron chi connectivity index (χ2n) is 4.33. The minimum absolute atomic E-state index is 0.0120. The molecule has 0 bridgehead atoms. The predicted molar refractivity (Wildman–Crippen MR) is 55.2 cm³/mol. The van der Waals surface area contributed by atoms with Crippen LogP contribution >= 0.6 is 0 Å². The van der Waals surface area contributed by atoms with E-state index in [9.17, 15) is 9.50 Å². The molecule has 0 fully saturated rings. The van der Waals surface area contributed by atoms with Gasteiger partial charge in [-0.2, -0.15) is 0 Å². The van der Waals surface area contributed by atoms with Crippen molar-refractivity contribution in [2.75, 3.05) is 0 Å². The van der Waals surface area contributed by atoms with E-state index >= 15 is 0 Å². The van der Waals surface area contributed by atoms with Crippen molar-refractivity contribution in [3.05, 3.63) is 29.6 Å². The highest BCUT2D eigenvalue weighted by Gasteiger charge is 2.28. The molecule has 2 rings (SSSR count). The lowest BCUT2D eigenvalue weighted by Crippen LogP contribution is -2.30. The lowest BCUT2D eigenvalue weighted by atomic mass is 9.93. The van der Waals surface area contributed by atoms with Crippen molar-refractivity contribution in [3.8, 4) is 5.75 Å². The molecule has 0 spiro atoms. The minimum atomic E-state index is -0.614. The van der Waals surface area contributed by atoms with Crippen LogP contribution in [0.25, 0.3) is 0 Å². The van der Waals surface area contributed by atoms with Crippen LogP contribution in [-0.4, -0.2) is 11.2 Å². The first-order chi connectivity index (χ1) is 7.08. The van der Waals surface area contributed by atoms with Crippen LogP contribution in [0.3, 0.4) is 0 Å². The molecule has 1 aromatic rings. The first-order valence-electron chi connectivity index (χ1n) is 5.22. The highest BCUT2D eigenvalue weighted by molar-refractivity contribution is 5.37. The second kappa shape index (κ2) is 3.81. The maximum atomic E-state index is 13.0. The highest BCUT2D eigenvalue weighted by Crippen LogP contribution is 2.36. The van der Waals surface area contributed by atoms with Crippen molar-refractivity contribution in [1.82, 2.24) is 0 Å². The molecule has 1 unspecified atom stereocenters. The molecule has 0 saturated heterocycles. The molecule has 1 aliphatic heterocycles. The zero-order valence-corrected chi connectivity index (χ0v) is 8.90. The van der Waals surface area contributed by atoms with Crippen LogP contribution < -0.4 is 4.74 Å². The van der Waals surface area contributed by atoms with Crippen LogP contribution in [0.1, 0.15) is 31.9 Å². The number of aliphatic hydroxyl groups is 1. The Morgan fingerprint density at radius 2 is 2.20 bits per heavy atom. The Balaban J connectivity index is 2.32. The van der Waals surface area contributed by atoms with Crippen molar-refractivity contribution >= 4 is 0 Å². The molecule has 1 heterocycles. The first-order valence-corrected chi connectivity index (χ1v) is 5.22. The molecule has 0 amide bonds. The van der Waals surface area contributed by atoms with Gasteiger partial charge in [0.05, 0.1) is 6.10 Å². The van der Waals surface area contributed by atoms with Gasteiger partial charge in [0.1, 0.15) is 17.7 Å². The Kier molecular flexibility index (Phi) is 2.65. The molecular formula is C12H15FO2. The molecule has 0 saturated carbocycles. The standard InChI is InChI=1S/C12H15FO2/c1-7(2)12-6-10(14)9-5-8(13)3-4-11(9)15-12/h3-5,7,10,12,14H,6H2,1-2H3/t10-,12?/m0/s1. The van der Waals surface area contributed by atoms with E-state index in [1.165, 1.54) is 12.1 Å². The molecule has 82 valence electrons. The van der Waals surface area contributed by atoms with Gasteiger partial charge in [0.25, 0.3) is 0 Å². The summed E-state index contributed by atoms with van der Waals surface area (Å²) in [6.07, 6.45) is -0.0662. The van der Waals surface area contributed by atoms with Crippen LogP contribution in [0.15, 0.2) is 18.2 Å². The van der Waals surface area contributed by atoms with E-state index in [2.05, 4.69) is 0 Å². The summed E-state index contributed by atoms with van der Waals surface area (Å²) in [6, 6.07) is 4.28. The molecule has 2 atom stereocenters. The number of fused-ring (bicyclic) bond motifs is 1. The van der Waals surface area contributed by atoms with E-state index in [0.717, 1.165) is 0 Å². The summed E-state index contributed by atoms with van der Waals surface area (Å²) in [4.78, 5) is 0. The van der Waals surface area contributed by atoms with Gasteiger partial charge in [-0.05, 0) is 24.1 Å². The fourth-order valence-electron chi connectivity index (χ4n) is 1.85. The summed E-state index contributed by atoms with van der Waals surface area (Å²) in [7, 11) is 0. The molecule has 0 radical (unpaired) electrons. The zero-order chi connectivity index (χ0) is 11.0. The summed E-state index contributed by atoms with van der Waals surface area (Å²) >= 11 is 0. The molecule has 0 aliphatic carbocycles. The Morgan fingerprint density at radius 1 is 1.47 bits per heavy atom. The smallest absolute Gasteiger partial charge is 0.125 e. The van der Waals surface area contributed by atoms with Gasteiger partial charge in [-0.3, -0.25) is 0 Å². The molecule has 3 heteroatoms. The number of rotatable bonds is 1. The number of ether oxygens (including phenoxy) is 1. The summed E-state index contributed by atoms with van der Waals surface area (Å²) < 4.78 is 18.6. The summed E-state index contributed by atoms with van der Waals surface area (Å²) in [5.41, 5.74) is 0.562. The Labute approximate surface area is 88.7 Å². The van der Waals surface area contributed by atoms with E-state index in [-0.39, 0.29) is 11.9 Å². The molecule has 0 aromatic heterocycles.